The SMILES string of the molecule is COc1cc(/C=N\NC(=O)c2nn(C)c(=O)c3ccccc23)cc(OC)c1. The molecule has 0 unspecified atom stereocenters. The molecule has 1 heterocycles. The van der Waals surface area contributed by atoms with E-state index in [0.717, 1.165) is 4.68 Å². The zero-order valence-corrected chi connectivity index (χ0v) is 15.1. The van der Waals surface area contributed by atoms with E-state index in [0.29, 0.717) is 27.8 Å². The zero-order chi connectivity index (χ0) is 19.4. The normalized spacial score (nSPS) is 10.9. The molecule has 8 nitrogen and oxygen atoms in total. The summed E-state index contributed by atoms with van der Waals surface area (Å²) >= 11 is 0. The maximum Gasteiger partial charge on any atom is 0.292 e. The van der Waals surface area contributed by atoms with Gasteiger partial charge in [-0.15, -0.1) is 0 Å². The van der Waals surface area contributed by atoms with E-state index in [1.165, 1.54) is 13.3 Å². The van der Waals surface area contributed by atoms with Crippen LogP contribution in [0.3, 0.4) is 0 Å². The fraction of sp³-hybridized carbons (Fsp3) is 0.158. The Morgan fingerprint density at radius 3 is 2.37 bits per heavy atom. The van der Waals surface area contributed by atoms with Crippen LogP contribution in [0.5, 0.6) is 11.5 Å². The predicted molar refractivity (Wildman–Crippen MR) is 102 cm³/mol. The molecule has 0 aliphatic heterocycles. The summed E-state index contributed by atoms with van der Waals surface area (Å²) in [5.74, 6) is 0.689. The summed E-state index contributed by atoms with van der Waals surface area (Å²) in [7, 11) is 4.60. The van der Waals surface area contributed by atoms with E-state index in [2.05, 4.69) is 15.6 Å². The molecule has 1 aromatic heterocycles. The number of amides is 1. The number of benzene rings is 2. The van der Waals surface area contributed by atoms with Crippen molar-refractivity contribution in [3.8, 4) is 11.5 Å². The van der Waals surface area contributed by atoms with Crippen molar-refractivity contribution in [2.75, 3.05) is 14.2 Å². The van der Waals surface area contributed by atoms with Crippen LogP contribution in [-0.2, 0) is 7.05 Å². The summed E-state index contributed by atoms with van der Waals surface area (Å²) in [6, 6.07) is 12.0. The van der Waals surface area contributed by atoms with Crippen LogP contribution in [0.2, 0.25) is 0 Å². The van der Waals surface area contributed by atoms with Gasteiger partial charge in [-0.2, -0.15) is 10.2 Å². The summed E-state index contributed by atoms with van der Waals surface area (Å²) in [5.41, 5.74) is 2.97. The van der Waals surface area contributed by atoms with Crippen molar-refractivity contribution in [3.05, 3.63) is 64.1 Å². The van der Waals surface area contributed by atoms with Gasteiger partial charge < -0.3 is 9.47 Å². The Morgan fingerprint density at radius 2 is 1.74 bits per heavy atom. The molecule has 0 aliphatic carbocycles. The van der Waals surface area contributed by atoms with Crippen LogP contribution in [0.15, 0.2) is 52.4 Å². The van der Waals surface area contributed by atoms with E-state index in [-0.39, 0.29) is 11.3 Å². The molecule has 1 N–H and O–H groups in total. The first kappa shape index (κ1) is 18.1. The van der Waals surface area contributed by atoms with Gasteiger partial charge in [-0.1, -0.05) is 18.2 Å². The van der Waals surface area contributed by atoms with E-state index >= 15 is 0 Å². The molecule has 0 atom stereocenters. The minimum Gasteiger partial charge on any atom is -0.497 e. The molecular formula is C19H18N4O4. The summed E-state index contributed by atoms with van der Waals surface area (Å²) in [6.45, 7) is 0. The van der Waals surface area contributed by atoms with Crippen LogP contribution >= 0.6 is 0 Å². The molecule has 138 valence electrons. The largest absolute Gasteiger partial charge is 0.497 e. The number of carbonyl (C=O) groups is 1. The Bertz CT molecular complexity index is 1070. The number of hydrogen-bond donors (Lipinski definition) is 1. The molecule has 27 heavy (non-hydrogen) atoms. The Morgan fingerprint density at radius 1 is 1.11 bits per heavy atom. The second-order valence-electron chi connectivity index (χ2n) is 5.67. The van der Waals surface area contributed by atoms with E-state index < -0.39 is 5.91 Å². The standard InChI is InChI=1S/C19H18N4O4/c1-23-19(25)16-7-5-4-6-15(16)17(22-23)18(24)21-20-11-12-8-13(26-2)10-14(9-12)27-3/h4-11H,1-3H3,(H,21,24)/b20-11-. The highest BCUT2D eigenvalue weighted by Crippen LogP contribution is 2.21. The molecule has 0 fully saturated rings. The van der Waals surface area contributed by atoms with Crippen molar-refractivity contribution in [3.63, 3.8) is 0 Å². The summed E-state index contributed by atoms with van der Waals surface area (Å²) in [6.07, 6.45) is 1.47. The van der Waals surface area contributed by atoms with Crippen LogP contribution in [0.25, 0.3) is 10.8 Å². The van der Waals surface area contributed by atoms with Crippen LogP contribution in [0.4, 0.5) is 0 Å². The van der Waals surface area contributed by atoms with Gasteiger partial charge in [-0.3, -0.25) is 9.59 Å². The molecule has 2 aromatic carbocycles. The van der Waals surface area contributed by atoms with E-state index in [4.69, 9.17) is 9.47 Å². The number of methoxy groups -OCH3 is 2. The summed E-state index contributed by atoms with van der Waals surface area (Å²) in [5, 5.41) is 8.91. The van der Waals surface area contributed by atoms with E-state index in [9.17, 15) is 9.59 Å². The van der Waals surface area contributed by atoms with Gasteiger partial charge in [0.1, 0.15) is 11.5 Å². The van der Waals surface area contributed by atoms with E-state index in [1.807, 2.05) is 0 Å². The van der Waals surface area contributed by atoms with Gasteiger partial charge in [-0.05, 0) is 18.2 Å². The van der Waals surface area contributed by atoms with Crippen molar-refractivity contribution in [2.45, 2.75) is 0 Å². The third-order valence-electron chi connectivity index (χ3n) is 3.93. The minimum absolute atomic E-state index is 0.119. The number of hydrazone groups is 1. The van der Waals surface area contributed by atoms with E-state index in [1.54, 1.807) is 56.7 Å². The average Bonchev–Trinajstić information content (AvgIpc) is 2.70. The average molecular weight is 366 g/mol. The maximum absolute atomic E-state index is 12.5. The molecule has 0 bridgehead atoms. The highest BCUT2D eigenvalue weighted by Gasteiger charge is 2.14. The van der Waals surface area contributed by atoms with Gasteiger partial charge >= 0.3 is 0 Å². The molecule has 0 radical (unpaired) electrons. The zero-order valence-electron chi connectivity index (χ0n) is 15.1. The number of fused-ring (bicyclic) bond motifs is 1. The lowest BCUT2D eigenvalue weighted by molar-refractivity contribution is 0.0950. The number of aryl methyl sites for hydroxylation is 1. The van der Waals surface area contributed by atoms with Gasteiger partial charge in [0.05, 0.1) is 25.8 Å². The fourth-order valence-corrected chi connectivity index (χ4v) is 2.59. The van der Waals surface area contributed by atoms with Crippen LogP contribution in [-0.4, -0.2) is 36.1 Å². The lowest BCUT2D eigenvalue weighted by atomic mass is 10.1. The topological polar surface area (TPSA) is 94.8 Å². The highest BCUT2D eigenvalue weighted by atomic mass is 16.5. The first-order valence-electron chi connectivity index (χ1n) is 8.06. The monoisotopic (exact) mass is 366 g/mol. The Balaban J connectivity index is 1.87. The molecule has 0 saturated carbocycles. The second kappa shape index (κ2) is 7.69. The van der Waals surface area contributed by atoms with Crippen molar-refractivity contribution < 1.29 is 14.3 Å². The fourth-order valence-electron chi connectivity index (χ4n) is 2.59. The summed E-state index contributed by atoms with van der Waals surface area (Å²) in [4.78, 5) is 24.6. The first-order chi connectivity index (χ1) is 13.0. The van der Waals surface area contributed by atoms with Gasteiger partial charge in [0, 0.05) is 24.1 Å². The number of nitrogens with one attached hydrogen (secondary N) is 1. The number of rotatable bonds is 5. The Kier molecular flexibility index (Phi) is 5.16. The quantitative estimate of drug-likeness (QED) is 0.548. The van der Waals surface area contributed by atoms with Crippen LogP contribution in [0, 0.1) is 0 Å². The van der Waals surface area contributed by atoms with Gasteiger partial charge in [0.2, 0.25) is 0 Å². The Labute approximate surface area is 155 Å². The van der Waals surface area contributed by atoms with Crippen molar-refractivity contribution in [1.29, 1.82) is 0 Å². The molecular weight excluding hydrogens is 348 g/mol. The molecule has 3 aromatic rings. The van der Waals surface area contributed by atoms with Crippen molar-refractivity contribution in [1.82, 2.24) is 15.2 Å². The molecule has 1 amide bonds. The third kappa shape index (κ3) is 3.79. The lowest BCUT2D eigenvalue weighted by Crippen LogP contribution is -2.27. The molecule has 0 spiro atoms. The molecule has 0 aliphatic rings. The minimum atomic E-state index is -0.520. The maximum atomic E-state index is 12.5. The highest BCUT2D eigenvalue weighted by molar-refractivity contribution is 6.04. The number of nitrogens with zero attached hydrogens (tertiary/aromatic N) is 3. The first-order valence-corrected chi connectivity index (χ1v) is 8.06. The third-order valence-corrected chi connectivity index (χ3v) is 3.93. The van der Waals surface area contributed by atoms with Crippen molar-refractivity contribution in [2.24, 2.45) is 12.1 Å². The summed E-state index contributed by atoms with van der Waals surface area (Å²) < 4.78 is 11.5. The lowest BCUT2D eigenvalue weighted by Gasteiger charge is -2.07. The smallest absolute Gasteiger partial charge is 0.292 e. The number of carbonyl (C=O) groups excluding carboxylic acids is 1. The number of ether oxygens (including phenoxy) is 2. The van der Waals surface area contributed by atoms with Gasteiger partial charge in [0.25, 0.3) is 11.5 Å². The van der Waals surface area contributed by atoms with Crippen LogP contribution in [0.1, 0.15) is 16.1 Å². The number of aromatic nitrogens is 2. The second-order valence-corrected chi connectivity index (χ2v) is 5.67. The van der Waals surface area contributed by atoms with Crippen molar-refractivity contribution >= 4 is 22.9 Å². The molecule has 0 saturated heterocycles. The Hall–Kier alpha value is -3.68. The number of hydrogen-bond acceptors (Lipinski definition) is 6. The predicted octanol–water partition coefficient (Wildman–Crippen LogP) is 1.71. The molecule has 3 rings (SSSR count). The molecule has 8 heteroatoms. The van der Waals surface area contributed by atoms with Crippen LogP contribution < -0.4 is 20.5 Å². The van der Waals surface area contributed by atoms with Gasteiger partial charge in [0.15, 0.2) is 5.69 Å². The van der Waals surface area contributed by atoms with Gasteiger partial charge in [-0.25, -0.2) is 10.1 Å².